The molecule has 106 valence electrons. The summed E-state index contributed by atoms with van der Waals surface area (Å²) in [6.07, 6.45) is -3.77. The first-order chi connectivity index (χ1) is 8.74. The number of carbonyl (C=O) groups excluding carboxylic acids is 1. The molecular formula is C12H16F3N3O. The van der Waals surface area contributed by atoms with E-state index in [9.17, 15) is 18.0 Å². The number of amides is 1. The molecule has 7 heteroatoms. The average molecular weight is 275 g/mol. The van der Waals surface area contributed by atoms with Gasteiger partial charge in [-0.15, -0.1) is 0 Å². The summed E-state index contributed by atoms with van der Waals surface area (Å²) in [7, 11) is 0. The van der Waals surface area contributed by atoms with Crippen molar-refractivity contribution in [2.24, 2.45) is 5.73 Å². The van der Waals surface area contributed by atoms with E-state index in [1.165, 1.54) is 18.2 Å². The van der Waals surface area contributed by atoms with Crippen LogP contribution in [0.15, 0.2) is 18.2 Å². The molecule has 0 saturated carbocycles. The molecular weight excluding hydrogens is 259 g/mol. The van der Waals surface area contributed by atoms with Crippen molar-refractivity contribution in [2.75, 3.05) is 23.7 Å². The lowest BCUT2D eigenvalue weighted by Crippen LogP contribution is -2.35. The summed E-state index contributed by atoms with van der Waals surface area (Å²) in [5.41, 5.74) is 11.1. The molecule has 0 radical (unpaired) electrons. The summed E-state index contributed by atoms with van der Waals surface area (Å²) in [6, 6.07) is 4.12. The summed E-state index contributed by atoms with van der Waals surface area (Å²) < 4.78 is 37.5. The number of primary amides is 1. The molecule has 1 rings (SSSR count). The molecule has 0 heterocycles. The van der Waals surface area contributed by atoms with E-state index in [1.807, 2.05) is 0 Å². The van der Waals surface area contributed by atoms with Gasteiger partial charge in [0.05, 0.1) is 5.56 Å². The molecule has 0 aliphatic rings. The van der Waals surface area contributed by atoms with Gasteiger partial charge < -0.3 is 16.4 Å². The van der Waals surface area contributed by atoms with Crippen LogP contribution in [0.5, 0.6) is 0 Å². The van der Waals surface area contributed by atoms with Crippen molar-refractivity contribution < 1.29 is 18.0 Å². The lowest BCUT2D eigenvalue weighted by atomic mass is 10.1. The van der Waals surface area contributed by atoms with Crippen LogP contribution in [0.2, 0.25) is 0 Å². The lowest BCUT2D eigenvalue weighted by molar-refractivity contribution is -0.119. The molecule has 4 nitrogen and oxygen atoms in total. The monoisotopic (exact) mass is 275 g/mol. The molecule has 0 spiro atoms. The summed E-state index contributed by atoms with van der Waals surface area (Å²) >= 11 is 0. The number of nitrogens with two attached hydrogens (primary N) is 2. The number of hydrogen-bond acceptors (Lipinski definition) is 3. The van der Waals surface area contributed by atoms with E-state index in [-0.39, 0.29) is 23.5 Å². The third-order valence-corrected chi connectivity index (χ3v) is 2.53. The van der Waals surface area contributed by atoms with Gasteiger partial charge in [-0.1, -0.05) is 6.92 Å². The summed E-state index contributed by atoms with van der Waals surface area (Å²) in [4.78, 5) is 12.3. The minimum Gasteiger partial charge on any atom is -0.398 e. The first kappa shape index (κ1) is 15.1. The number of alkyl halides is 3. The molecule has 1 aromatic rings. The Balaban J connectivity index is 3.09. The van der Waals surface area contributed by atoms with Gasteiger partial charge in [0.25, 0.3) is 5.91 Å². The predicted molar refractivity (Wildman–Crippen MR) is 67.9 cm³/mol. The normalized spacial score (nSPS) is 11.4. The molecule has 0 aliphatic carbocycles. The van der Waals surface area contributed by atoms with Crippen LogP contribution in [0.4, 0.5) is 24.5 Å². The Kier molecular flexibility index (Phi) is 4.63. The first-order valence-electron chi connectivity index (χ1n) is 5.75. The van der Waals surface area contributed by atoms with Gasteiger partial charge in [-0.3, -0.25) is 4.79 Å². The van der Waals surface area contributed by atoms with E-state index in [0.29, 0.717) is 6.42 Å². The molecule has 0 saturated heterocycles. The Morgan fingerprint density at radius 1 is 1.37 bits per heavy atom. The fourth-order valence-electron chi connectivity index (χ4n) is 1.74. The van der Waals surface area contributed by atoms with Crippen LogP contribution >= 0.6 is 0 Å². The Bertz CT molecular complexity index is 460. The van der Waals surface area contributed by atoms with Crippen LogP contribution in [-0.2, 0) is 0 Å². The summed E-state index contributed by atoms with van der Waals surface area (Å²) in [5.74, 6) is -0.761. The van der Waals surface area contributed by atoms with Crippen LogP contribution in [0, 0.1) is 0 Å². The molecule has 19 heavy (non-hydrogen) atoms. The topological polar surface area (TPSA) is 72.3 Å². The number of hydrogen-bond donors (Lipinski definition) is 2. The number of anilines is 2. The first-order valence-corrected chi connectivity index (χ1v) is 5.75. The molecule has 1 aromatic carbocycles. The van der Waals surface area contributed by atoms with E-state index in [1.54, 1.807) is 6.92 Å². The number of nitrogens with zero attached hydrogens (tertiary/aromatic N) is 1. The van der Waals surface area contributed by atoms with E-state index < -0.39 is 18.6 Å². The van der Waals surface area contributed by atoms with Crippen molar-refractivity contribution in [3.8, 4) is 0 Å². The average Bonchev–Trinajstić information content (AvgIpc) is 2.27. The summed E-state index contributed by atoms with van der Waals surface area (Å²) in [6.45, 7) is 0.917. The van der Waals surface area contributed by atoms with Crippen LogP contribution in [0.3, 0.4) is 0 Å². The van der Waals surface area contributed by atoms with Gasteiger partial charge in [0, 0.05) is 17.9 Å². The van der Waals surface area contributed by atoms with Crippen molar-refractivity contribution in [3.63, 3.8) is 0 Å². The number of rotatable bonds is 5. The molecule has 0 bridgehead atoms. The van der Waals surface area contributed by atoms with Gasteiger partial charge in [0.1, 0.15) is 6.54 Å². The van der Waals surface area contributed by atoms with Gasteiger partial charge in [-0.05, 0) is 24.6 Å². The zero-order valence-corrected chi connectivity index (χ0v) is 10.5. The zero-order chi connectivity index (χ0) is 14.6. The van der Waals surface area contributed by atoms with E-state index in [4.69, 9.17) is 11.5 Å². The fourth-order valence-corrected chi connectivity index (χ4v) is 1.74. The standard InChI is InChI=1S/C12H16F3N3O/c1-2-5-18(7-12(13,14)15)8-3-4-10(16)9(6-8)11(17)19/h3-4,6H,2,5,7,16H2,1H3,(H2,17,19). The van der Waals surface area contributed by atoms with Crippen molar-refractivity contribution >= 4 is 17.3 Å². The molecule has 0 unspecified atom stereocenters. The SMILES string of the molecule is CCCN(CC(F)(F)F)c1ccc(N)c(C(N)=O)c1. The van der Waals surface area contributed by atoms with Gasteiger partial charge in [0.15, 0.2) is 0 Å². The number of benzene rings is 1. The third kappa shape index (κ3) is 4.35. The highest BCUT2D eigenvalue weighted by Gasteiger charge is 2.30. The van der Waals surface area contributed by atoms with Crippen molar-refractivity contribution in [1.82, 2.24) is 0 Å². The second-order valence-corrected chi connectivity index (χ2v) is 4.17. The van der Waals surface area contributed by atoms with Crippen LogP contribution in [0.25, 0.3) is 0 Å². The van der Waals surface area contributed by atoms with Crippen LogP contribution in [0.1, 0.15) is 23.7 Å². The van der Waals surface area contributed by atoms with Gasteiger partial charge in [-0.2, -0.15) is 13.2 Å². The van der Waals surface area contributed by atoms with Crippen LogP contribution < -0.4 is 16.4 Å². The highest BCUT2D eigenvalue weighted by Crippen LogP contribution is 2.25. The fraction of sp³-hybridized carbons (Fsp3) is 0.417. The highest BCUT2D eigenvalue weighted by molar-refractivity contribution is 5.99. The second-order valence-electron chi connectivity index (χ2n) is 4.17. The Hall–Kier alpha value is -1.92. The molecule has 0 aromatic heterocycles. The predicted octanol–water partition coefficient (Wildman–Crippen LogP) is 2.15. The smallest absolute Gasteiger partial charge is 0.398 e. The molecule has 0 aliphatic heterocycles. The maximum absolute atomic E-state index is 12.5. The third-order valence-electron chi connectivity index (χ3n) is 2.53. The maximum atomic E-state index is 12.5. The molecule has 0 atom stereocenters. The molecule has 1 amide bonds. The number of halogens is 3. The molecule has 0 fully saturated rings. The van der Waals surface area contributed by atoms with Crippen molar-refractivity contribution in [1.29, 1.82) is 0 Å². The van der Waals surface area contributed by atoms with Gasteiger partial charge >= 0.3 is 6.18 Å². The lowest BCUT2D eigenvalue weighted by Gasteiger charge is -2.26. The van der Waals surface area contributed by atoms with Gasteiger partial charge in [0.2, 0.25) is 0 Å². The van der Waals surface area contributed by atoms with E-state index in [2.05, 4.69) is 0 Å². The Morgan fingerprint density at radius 3 is 2.47 bits per heavy atom. The molecule has 4 N–H and O–H groups in total. The van der Waals surface area contributed by atoms with Crippen molar-refractivity contribution in [2.45, 2.75) is 19.5 Å². The zero-order valence-electron chi connectivity index (χ0n) is 10.5. The summed E-state index contributed by atoms with van der Waals surface area (Å²) in [5, 5.41) is 0. The Labute approximate surface area is 109 Å². The van der Waals surface area contributed by atoms with Crippen molar-refractivity contribution in [3.05, 3.63) is 23.8 Å². The second kappa shape index (κ2) is 5.81. The quantitative estimate of drug-likeness (QED) is 0.809. The maximum Gasteiger partial charge on any atom is 0.405 e. The minimum absolute atomic E-state index is 0.0285. The number of nitrogen functional groups attached to an aromatic ring is 1. The largest absolute Gasteiger partial charge is 0.405 e. The van der Waals surface area contributed by atoms with E-state index >= 15 is 0 Å². The Morgan fingerprint density at radius 2 is 2.00 bits per heavy atom. The number of carbonyl (C=O) groups is 1. The van der Waals surface area contributed by atoms with Gasteiger partial charge in [-0.25, -0.2) is 0 Å². The van der Waals surface area contributed by atoms with Crippen LogP contribution in [-0.4, -0.2) is 25.2 Å². The van der Waals surface area contributed by atoms with E-state index in [0.717, 1.165) is 4.90 Å². The highest BCUT2D eigenvalue weighted by atomic mass is 19.4. The minimum atomic E-state index is -4.32.